The van der Waals surface area contributed by atoms with Crippen molar-refractivity contribution >= 4 is 66.1 Å². The van der Waals surface area contributed by atoms with Crippen LogP contribution in [0.15, 0.2) is 120 Å². The van der Waals surface area contributed by atoms with Crippen LogP contribution in [0.3, 0.4) is 0 Å². The number of rotatable bonds is 1. The van der Waals surface area contributed by atoms with Crippen LogP contribution >= 0.6 is 0 Å². The van der Waals surface area contributed by atoms with Crippen LogP contribution in [0.1, 0.15) is 0 Å². The lowest BCUT2D eigenvalue weighted by molar-refractivity contribution is 1.05. The number of imidazole rings is 1. The molecular formula is C33H19N5O. The zero-order chi connectivity index (χ0) is 25.7. The number of nitrogens with zero attached hydrogens (tertiary/aromatic N) is 5. The van der Waals surface area contributed by atoms with Gasteiger partial charge in [-0.05, 0) is 54.6 Å². The summed E-state index contributed by atoms with van der Waals surface area (Å²) in [6, 6.07) is 38.8. The molecule has 0 atom stereocenters. The molecule has 0 aliphatic heterocycles. The lowest BCUT2D eigenvalue weighted by Gasteiger charge is -2.12. The molecule has 0 unspecified atom stereocenters. The maximum Gasteiger partial charge on any atom is 0.268 e. The van der Waals surface area contributed by atoms with Gasteiger partial charge in [-0.15, -0.1) is 0 Å². The Balaban J connectivity index is 1.61. The molecule has 0 saturated carbocycles. The van der Waals surface area contributed by atoms with Crippen molar-refractivity contribution in [3.63, 3.8) is 0 Å². The summed E-state index contributed by atoms with van der Waals surface area (Å²) in [5, 5.41) is 3.73. The van der Waals surface area contributed by atoms with Crippen LogP contribution in [0.4, 0.5) is 0 Å². The zero-order valence-electron chi connectivity index (χ0n) is 20.6. The van der Waals surface area contributed by atoms with E-state index in [0.29, 0.717) is 22.3 Å². The van der Waals surface area contributed by atoms with Crippen molar-refractivity contribution in [2.24, 2.45) is 0 Å². The molecule has 6 heteroatoms. The van der Waals surface area contributed by atoms with Crippen molar-refractivity contribution in [1.29, 1.82) is 0 Å². The van der Waals surface area contributed by atoms with Gasteiger partial charge in [0.2, 0.25) is 5.78 Å². The first-order chi connectivity index (χ1) is 19.3. The largest absolute Gasteiger partial charge is 0.309 e. The zero-order valence-corrected chi connectivity index (χ0v) is 20.6. The average Bonchev–Trinajstić information content (AvgIpc) is 3.53. The summed E-state index contributed by atoms with van der Waals surface area (Å²) in [6.45, 7) is 0. The molecule has 0 spiro atoms. The van der Waals surface area contributed by atoms with Crippen molar-refractivity contribution in [1.82, 2.24) is 23.3 Å². The highest BCUT2D eigenvalue weighted by Crippen LogP contribution is 2.36. The van der Waals surface area contributed by atoms with Gasteiger partial charge >= 0.3 is 0 Å². The van der Waals surface area contributed by atoms with E-state index in [9.17, 15) is 4.79 Å². The fraction of sp³-hybridized carbons (Fsp3) is 0. The number of fused-ring (bicyclic) bond motifs is 12. The van der Waals surface area contributed by atoms with Crippen LogP contribution < -0.4 is 5.56 Å². The van der Waals surface area contributed by atoms with E-state index in [-0.39, 0.29) is 5.56 Å². The molecule has 5 aromatic carbocycles. The van der Waals surface area contributed by atoms with Gasteiger partial charge in [-0.1, -0.05) is 60.7 Å². The molecule has 0 saturated heterocycles. The Morgan fingerprint density at radius 2 is 1.18 bits per heavy atom. The Morgan fingerprint density at radius 1 is 0.487 bits per heavy atom. The molecule has 182 valence electrons. The number of aromatic nitrogens is 5. The Bertz CT molecular complexity index is 2520. The van der Waals surface area contributed by atoms with E-state index in [1.165, 1.54) is 0 Å². The van der Waals surface area contributed by atoms with Gasteiger partial charge in [0, 0.05) is 21.8 Å². The van der Waals surface area contributed by atoms with E-state index in [2.05, 4.69) is 75.7 Å². The molecule has 9 aromatic rings. The minimum Gasteiger partial charge on any atom is -0.309 e. The Morgan fingerprint density at radius 3 is 2.03 bits per heavy atom. The van der Waals surface area contributed by atoms with Gasteiger partial charge in [-0.2, -0.15) is 0 Å². The van der Waals surface area contributed by atoms with Crippen molar-refractivity contribution < 1.29 is 0 Å². The normalized spacial score (nSPS) is 12.2. The van der Waals surface area contributed by atoms with E-state index in [1.54, 1.807) is 4.40 Å². The Kier molecular flexibility index (Phi) is 3.85. The summed E-state index contributed by atoms with van der Waals surface area (Å²) in [6.07, 6.45) is 0. The molecule has 0 radical (unpaired) electrons. The maximum absolute atomic E-state index is 14.0. The molecule has 4 aromatic heterocycles. The SMILES string of the molecule is O=c1c2ccccc2nc2c3cc4c5ccccc5n(-c5ccccc5)c4cc3n3c4ccccc4nc3n12. The first-order valence-electron chi connectivity index (χ1n) is 12.9. The molecule has 4 heterocycles. The second kappa shape index (κ2) is 7.30. The van der Waals surface area contributed by atoms with E-state index < -0.39 is 0 Å². The topological polar surface area (TPSA) is 56.6 Å². The minimum atomic E-state index is -0.121. The molecule has 0 aliphatic carbocycles. The standard InChI is InChI=1S/C33H19N5O/c39-32-22-13-4-6-14-25(22)34-31-24-18-23-21-12-5-8-16-27(21)36(20-10-2-1-3-11-20)29(23)19-30(24)37-28-17-9-7-15-26(28)35-33(37)38(31)32/h1-19H. The van der Waals surface area contributed by atoms with E-state index in [0.717, 1.165) is 49.4 Å². The smallest absolute Gasteiger partial charge is 0.268 e. The highest BCUT2D eigenvalue weighted by molar-refractivity contribution is 6.15. The van der Waals surface area contributed by atoms with Crippen LogP contribution in [0.2, 0.25) is 0 Å². The molecule has 0 aliphatic rings. The summed E-state index contributed by atoms with van der Waals surface area (Å²) in [5.74, 6) is 0.559. The fourth-order valence-corrected chi connectivity index (χ4v) is 6.12. The Labute approximate surface area is 220 Å². The molecule has 0 N–H and O–H groups in total. The van der Waals surface area contributed by atoms with Crippen LogP contribution in [-0.2, 0) is 0 Å². The van der Waals surface area contributed by atoms with Crippen LogP contribution in [0.25, 0.3) is 71.8 Å². The molecular weight excluding hydrogens is 482 g/mol. The molecule has 6 nitrogen and oxygen atoms in total. The summed E-state index contributed by atoms with van der Waals surface area (Å²) in [7, 11) is 0. The maximum atomic E-state index is 14.0. The lowest BCUT2D eigenvalue weighted by atomic mass is 10.1. The highest BCUT2D eigenvalue weighted by Gasteiger charge is 2.20. The number of benzene rings is 5. The van der Waals surface area contributed by atoms with Gasteiger partial charge in [-0.25, -0.2) is 14.4 Å². The summed E-state index contributed by atoms with van der Waals surface area (Å²) >= 11 is 0. The van der Waals surface area contributed by atoms with Gasteiger partial charge in [0.05, 0.1) is 38.5 Å². The second-order valence-corrected chi connectivity index (χ2v) is 9.90. The molecule has 0 fully saturated rings. The third-order valence-electron chi connectivity index (χ3n) is 7.81. The van der Waals surface area contributed by atoms with Crippen molar-refractivity contribution in [2.45, 2.75) is 0 Å². The third-order valence-corrected chi connectivity index (χ3v) is 7.81. The van der Waals surface area contributed by atoms with Crippen molar-refractivity contribution in [2.75, 3.05) is 0 Å². The summed E-state index contributed by atoms with van der Waals surface area (Å²) < 4.78 is 6.08. The average molecular weight is 502 g/mol. The minimum absolute atomic E-state index is 0.121. The molecule has 0 bridgehead atoms. The van der Waals surface area contributed by atoms with Gasteiger partial charge in [0.25, 0.3) is 5.56 Å². The Hall–Kier alpha value is -5.49. The fourth-order valence-electron chi connectivity index (χ4n) is 6.12. The van der Waals surface area contributed by atoms with Gasteiger partial charge in [0.15, 0.2) is 5.65 Å². The quantitative estimate of drug-likeness (QED) is 0.182. The van der Waals surface area contributed by atoms with E-state index in [1.807, 2.05) is 48.5 Å². The summed E-state index contributed by atoms with van der Waals surface area (Å²) in [4.78, 5) is 23.9. The van der Waals surface area contributed by atoms with Gasteiger partial charge in [0.1, 0.15) is 0 Å². The molecule has 39 heavy (non-hydrogen) atoms. The number of hydrogen-bond donors (Lipinski definition) is 0. The van der Waals surface area contributed by atoms with E-state index >= 15 is 0 Å². The van der Waals surface area contributed by atoms with Gasteiger partial charge in [-0.3, -0.25) is 9.20 Å². The third kappa shape index (κ3) is 2.62. The van der Waals surface area contributed by atoms with E-state index in [4.69, 9.17) is 9.97 Å². The van der Waals surface area contributed by atoms with Crippen LogP contribution in [0.5, 0.6) is 0 Å². The first-order valence-corrected chi connectivity index (χ1v) is 12.9. The lowest BCUT2D eigenvalue weighted by Crippen LogP contribution is -2.18. The monoisotopic (exact) mass is 501 g/mol. The molecule has 0 amide bonds. The predicted molar refractivity (Wildman–Crippen MR) is 157 cm³/mol. The number of hydrogen-bond acceptors (Lipinski definition) is 3. The number of para-hydroxylation sites is 5. The first kappa shape index (κ1) is 20.6. The van der Waals surface area contributed by atoms with Gasteiger partial charge < -0.3 is 4.57 Å². The van der Waals surface area contributed by atoms with Crippen LogP contribution in [0, 0.1) is 0 Å². The van der Waals surface area contributed by atoms with Crippen molar-refractivity contribution in [3.8, 4) is 5.69 Å². The molecule has 9 rings (SSSR count). The predicted octanol–water partition coefficient (Wildman–Crippen LogP) is 6.90. The summed E-state index contributed by atoms with van der Waals surface area (Å²) in [5.41, 5.74) is 7.19. The van der Waals surface area contributed by atoms with Crippen molar-refractivity contribution in [3.05, 3.63) is 126 Å². The second-order valence-electron chi connectivity index (χ2n) is 9.90. The van der Waals surface area contributed by atoms with Crippen LogP contribution in [-0.4, -0.2) is 23.3 Å². The highest BCUT2D eigenvalue weighted by atomic mass is 16.1.